The molecule has 1 atom stereocenters. The fourth-order valence-electron chi connectivity index (χ4n) is 2.42. The molecule has 0 saturated carbocycles. The maximum Gasteiger partial charge on any atom is 0.280 e. The van der Waals surface area contributed by atoms with Crippen LogP contribution in [-0.2, 0) is 4.84 Å². The van der Waals surface area contributed by atoms with Crippen molar-refractivity contribution in [2.24, 2.45) is 5.92 Å². The fraction of sp³-hybridized carbons (Fsp3) is 0.294. The topological polar surface area (TPSA) is 93.6 Å². The highest BCUT2D eigenvalue weighted by Gasteiger charge is 2.28. The Morgan fingerprint density at radius 1 is 1.26 bits per heavy atom. The molecule has 1 aromatic heterocycles. The van der Waals surface area contributed by atoms with Gasteiger partial charge < -0.3 is 10.1 Å². The lowest BCUT2D eigenvalue weighted by molar-refractivity contribution is -0.0774. The summed E-state index contributed by atoms with van der Waals surface area (Å²) in [5.74, 6) is -3.31. The van der Waals surface area contributed by atoms with Gasteiger partial charge in [-0.3, -0.25) is 14.4 Å². The summed E-state index contributed by atoms with van der Waals surface area (Å²) in [4.78, 5) is 37.4. The average Bonchev–Trinajstić information content (AvgIpc) is 3.09. The van der Waals surface area contributed by atoms with E-state index in [1.54, 1.807) is 0 Å². The summed E-state index contributed by atoms with van der Waals surface area (Å²) in [6.45, 7) is 2.49. The van der Waals surface area contributed by atoms with E-state index in [2.05, 4.69) is 15.3 Å². The number of amides is 2. The molecular weight excluding hydrogens is 362 g/mol. The lowest BCUT2D eigenvalue weighted by atomic mass is 10.1. The second kappa shape index (κ2) is 7.62. The van der Waals surface area contributed by atoms with E-state index in [1.807, 2.05) is 6.92 Å². The van der Waals surface area contributed by atoms with Crippen LogP contribution in [0, 0.1) is 17.6 Å². The summed E-state index contributed by atoms with van der Waals surface area (Å²) < 4.78 is 33.0. The van der Waals surface area contributed by atoms with E-state index in [0.29, 0.717) is 19.2 Å². The number of hydrogen-bond acceptors (Lipinski definition) is 6. The van der Waals surface area contributed by atoms with E-state index in [0.717, 1.165) is 17.3 Å². The van der Waals surface area contributed by atoms with E-state index in [-0.39, 0.29) is 23.2 Å². The molecule has 8 nitrogen and oxygen atoms in total. The van der Waals surface area contributed by atoms with Crippen LogP contribution in [0.1, 0.15) is 27.8 Å². The van der Waals surface area contributed by atoms with Crippen molar-refractivity contribution in [3.05, 3.63) is 47.4 Å². The van der Waals surface area contributed by atoms with Crippen LogP contribution in [0.15, 0.2) is 24.5 Å². The van der Waals surface area contributed by atoms with Crippen LogP contribution in [0.5, 0.6) is 5.88 Å². The standard InChI is InChI=1S/C17H16F2N4O4/c1-9-7-23(27-8-9)17(25)10-3-13(12(19)4-11(10)18)22-16(24)14-5-21-15(26-2)6-20-14/h3-6,9H,7-8H2,1-2H3,(H,22,24). The number of benzene rings is 1. The molecule has 1 aromatic carbocycles. The molecule has 0 aliphatic carbocycles. The summed E-state index contributed by atoms with van der Waals surface area (Å²) in [6.07, 6.45) is 2.36. The van der Waals surface area contributed by atoms with Gasteiger partial charge in [-0.1, -0.05) is 6.92 Å². The van der Waals surface area contributed by atoms with Crippen molar-refractivity contribution in [2.45, 2.75) is 6.92 Å². The fourth-order valence-corrected chi connectivity index (χ4v) is 2.42. The normalized spacial score (nSPS) is 16.3. The van der Waals surface area contributed by atoms with Gasteiger partial charge in [0.2, 0.25) is 5.88 Å². The number of ether oxygens (including phenoxy) is 1. The number of carbonyl (C=O) groups excluding carboxylic acids is 2. The molecule has 0 spiro atoms. The van der Waals surface area contributed by atoms with Gasteiger partial charge in [0, 0.05) is 12.0 Å². The van der Waals surface area contributed by atoms with Crippen LogP contribution in [0.4, 0.5) is 14.5 Å². The average molecular weight is 378 g/mol. The van der Waals surface area contributed by atoms with Crippen molar-refractivity contribution >= 4 is 17.5 Å². The van der Waals surface area contributed by atoms with Crippen LogP contribution in [0.25, 0.3) is 0 Å². The van der Waals surface area contributed by atoms with E-state index in [9.17, 15) is 18.4 Å². The predicted octanol–water partition coefficient (Wildman–Crippen LogP) is 2.04. The Morgan fingerprint density at radius 2 is 2.04 bits per heavy atom. The quantitative estimate of drug-likeness (QED) is 0.875. The molecule has 3 rings (SSSR count). The molecule has 1 N–H and O–H groups in total. The van der Waals surface area contributed by atoms with Crippen LogP contribution in [0.2, 0.25) is 0 Å². The van der Waals surface area contributed by atoms with Crippen LogP contribution in [-0.4, -0.2) is 47.1 Å². The van der Waals surface area contributed by atoms with Crippen LogP contribution in [0.3, 0.4) is 0 Å². The van der Waals surface area contributed by atoms with Crippen molar-refractivity contribution in [3.8, 4) is 5.88 Å². The van der Waals surface area contributed by atoms with E-state index in [4.69, 9.17) is 9.57 Å². The summed E-state index contributed by atoms with van der Waals surface area (Å²) in [6, 6.07) is 1.45. The lowest BCUT2D eigenvalue weighted by Gasteiger charge is -2.16. The minimum Gasteiger partial charge on any atom is -0.480 e. The number of anilines is 1. The first kappa shape index (κ1) is 18.6. The first-order valence-corrected chi connectivity index (χ1v) is 8.00. The van der Waals surface area contributed by atoms with Crippen molar-refractivity contribution in [2.75, 3.05) is 25.6 Å². The molecule has 0 bridgehead atoms. The first-order valence-electron chi connectivity index (χ1n) is 8.00. The number of aromatic nitrogens is 2. The molecule has 10 heteroatoms. The van der Waals surface area contributed by atoms with Gasteiger partial charge in [-0.25, -0.2) is 23.8 Å². The molecule has 0 radical (unpaired) electrons. The second-order valence-electron chi connectivity index (χ2n) is 5.98. The third-order valence-corrected chi connectivity index (χ3v) is 3.82. The zero-order valence-electron chi connectivity index (χ0n) is 14.5. The minimum absolute atomic E-state index is 0.102. The zero-order chi connectivity index (χ0) is 19.6. The van der Waals surface area contributed by atoms with Gasteiger partial charge in [0.15, 0.2) is 0 Å². The summed E-state index contributed by atoms with van der Waals surface area (Å²) >= 11 is 0. The Bertz CT molecular complexity index is 876. The number of hydroxylamine groups is 2. The molecule has 1 saturated heterocycles. The Morgan fingerprint density at radius 3 is 2.63 bits per heavy atom. The number of methoxy groups -OCH3 is 1. The van der Waals surface area contributed by atoms with Gasteiger partial charge in [-0.2, -0.15) is 0 Å². The molecular formula is C17H16F2N4O4. The van der Waals surface area contributed by atoms with Gasteiger partial charge in [-0.05, 0) is 6.07 Å². The van der Waals surface area contributed by atoms with Gasteiger partial charge in [0.1, 0.15) is 17.3 Å². The summed E-state index contributed by atoms with van der Waals surface area (Å²) in [7, 11) is 1.39. The SMILES string of the molecule is COc1cnc(C(=O)Nc2cc(C(=O)N3CC(C)CO3)c(F)cc2F)cn1. The molecule has 1 unspecified atom stereocenters. The maximum absolute atomic E-state index is 14.1. The molecule has 2 aromatic rings. The largest absolute Gasteiger partial charge is 0.480 e. The van der Waals surface area contributed by atoms with E-state index in [1.165, 1.54) is 13.3 Å². The van der Waals surface area contributed by atoms with Gasteiger partial charge in [0.05, 0.1) is 43.9 Å². The van der Waals surface area contributed by atoms with Crippen molar-refractivity contribution in [1.82, 2.24) is 15.0 Å². The van der Waals surface area contributed by atoms with Gasteiger partial charge in [0.25, 0.3) is 11.8 Å². The van der Waals surface area contributed by atoms with Gasteiger partial charge >= 0.3 is 0 Å². The molecule has 1 fully saturated rings. The zero-order valence-corrected chi connectivity index (χ0v) is 14.5. The Kier molecular flexibility index (Phi) is 5.26. The number of halogens is 2. The Balaban J connectivity index is 1.82. The summed E-state index contributed by atoms with van der Waals surface area (Å²) in [5, 5.41) is 3.27. The third kappa shape index (κ3) is 4.00. The Hall–Kier alpha value is -3.14. The number of nitrogens with zero attached hydrogens (tertiary/aromatic N) is 3. The van der Waals surface area contributed by atoms with Crippen molar-refractivity contribution in [1.29, 1.82) is 0 Å². The number of carbonyl (C=O) groups is 2. The monoisotopic (exact) mass is 378 g/mol. The van der Waals surface area contributed by atoms with E-state index >= 15 is 0 Å². The number of nitrogens with one attached hydrogen (secondary N) is 1. The first-order chi connectivity index (χ1) is 12.9. The van der Waals surface area contributed by atoms with Gasteiger partial charge in [-0.15, -0.1) is 0 Å². The molecule has 1 aliphatic rings. The molecule has 2 heterocycles. The van der Waals surface area contributed by atoms with Crippen molar-refractivity contribution < 1.29 is 27.9 Å². The molecule has 142 valence electrons. The Labute approximate surface area is 153 Å². The highest BCUT2D eigenvalue weighted by molar-refractivity contribution is 6.03. The summed E-state index contributed by atoms with van der Waals surface area (Å²) in [5.41, 5.74) is -0.889. The highest BCUT2D eigenvalue weighted by atomic mass is 19.1. The van der Waals surface area contributed by atoms with E-state index < -0.39 is 29.0 Å². The highest BCUT2D eigenvalue weighted by Crippen LogP contribution is 2.23. The van der Waals surface area contributed by atoms with Crippen LogP contribution < -0.4 is 10.1 Å². The third-order valence-electron chi connectivity index (χ3n) is 3.82. The maximum atomic E-state index is 14.1. The smallest absolute Gasteiger partial charge is 0.280 e. The number of hydrogen-bond donors (Lipinski definition) is 1. The minimum atomic E-state index is -1.05. The predicted molar refractivity (Wildman–Crippen MR) is 89.0 cm³/mol. The number of rotatable bonds is 4. The van der Waals surface area contributed by atoms with Crippen molar-refractivity contribution in [3.63, 3.8) is 0 Å². The molecule has 27 heavy (non-hydrogen) atoms. The molecule has 2 amide bonds. The second-order valence-corrected chi connectivity index (χ2v) is 5.98. The molecule has 1 aliphatic heterocycles. The lowest BCUT2D eigenvalue weighted by Crippen LogP contribution is -2.28. The van der Waals surface area contributed by atoms with Crippen LogP contribution >= 0.6 is 0 Å².